The number of nitrogens with zero attached hydrogens (tertiary/aromatic N) is 2. The summed E-state index contributed by atoms with van der Waals surface area (Å²) in [5.41, 5.74) is 1.65. The van der Waals surface area contributed by atoms with Crippen molar-refractivity contribution in [3.8, 4) is 5.75 Å². The van der Waals surface area contributed by atoms with E-state index in [9.17, 15) is 9.59 Å². The molecular formula is C21H26N2O3. The first-order chi connectivity index (χ1) is 12.4. The number of methoxy groups -OCH3 is 1. The Balaban J connectivity index is 2.23. The highest BCUT2D eigenvalue weighted by Gasteiger charge is 2.24. The Morgan fingerprint density at radius 1 is 1.00 bits per heavy atom. The van der Waals surface area contributed by atoms with Crippen molar-refractivity contribution in [3.05, 3.63) is 60.2 Å². The summed E-state index contributed by atoms with van der Waals surface area (Å²) in [6, 6.07) is 17.1. The van der Waals surface area contributed by atoms with Crippen LogP contribution >= 0.6 is 0 Å². The zero-order valence-electron chi connectivity index (χ0n) is 15.8. The van der Waals surface area contributed by atoms with Crippen LogP contribution in [0.5, 0.6) is 5.75 Å². The monoisotopic (exact) mass is 354 g/mol. The molecule has 0 heterocycles. The van der Waals surface area contributed by atoms with E-state index in [1.165, 1.54) is 11.8 Å². The molecular weight excluding hydrogens is 328 g/mol. The predicted octanol–water partition coefficient (Wildman–Crippen LogP) is 3.49. The van der Waals surface area contributed by atoms with Gasteiger partial charge in [0.2, 0.25) is 11.8 Å². The summed E-state index contributed by atoms with van der Waals surface area (Å²) >= 11 is 0. The fourth-order valence-electron chi connectivity index (χ4n) is 2.78. The van der Waals surface area contributed by atoms with Crippen molar-refractivity contribution in [1.82, 2.24) is 4.90 Å². The number of rotatable bonds is 7. The van der Waals surface area contributed by atoms with Crippen LogP contribution in [0.15, 0.2) is 54.6 Å². The fraction of sp³-hybridized carbons (Fsp3) is 0.333. The molecule has 2 aromatic rings. The molecule has 0 N–H and O–H groups in total. The molecule has 0 aromatic heterocycles. The van der Waals surface area contributed by atoms with Gasteiger partial charge in [-0.05, 0) is 31.5 Å². The summed E-state index contributed by atoms with van der Waals surface area (Å²) < 4.78 is 5.34. The molecule has 26 heavy (non-hydrogen) atoms. The molecule has 138 valence electrons. The van der Waals surface area contributed by atoms with Gasteiger partial charge in [-0.25, -0.2) is 0 Å². The van der Waals surface area contributed by atoms with Gasteiger partial charge < -0.3 is 9.64 Å². The zero-order valence-corrected chi connectivity index (χ0v) is 15.8. The molecule has 0 spiro atoms. The second-order valence-electron chi connectivity index (χ2n) is 6.38. The van der Waals surface area contributed by atoms with Gasteiger partial charge in [-0.15, -0.1) is 0 Å². The van der Waals surface area contributed by atoms with E-state index in [1.54, 1.807) is 24.1 Å². The number of benzene rings is 2. The number of hydrogen-bond donors (Lipinski definition) is 0. The summed E-state index contributed by atoms with van der Waals surface area (Å²) in [5.74, 6) is 0.255. The SMILES string of the molecule is COc1ccccc1N(CC(=O)N(Cc1ccccc1)C(C)C)C(C)=O. The minimum absolute atomic E-state index is 0.0224. The standard InChI is InChI=1S/C21H26N2O3/c1-16(2)22(14-18-10-6-5-7-11-18)21(25)15-23(17(3)24)19-12-8-9-13-20(19)26-4/h5-13,16H,14-15H2,1-4H3. The van der Waals surface area contributed by atoms with E-state index in [-0.39, 0.29) is 24.4 Å². The van der Waals surface area contributed by atoms with Crippen LogP contribution in [0.2, 0.25) is 0 Å². The average Bonchev–Trinajstić information content (AvgIpc) is 2.64. The third-order valence-electron chi connectivity index (χ3n) is 4.19. The maximum Gasteiger partial charge on any atom is 0.243 e. The molecule has 0 atom stereocenters. The molecule has 2 amide bonds. The van der Waals surface area contributed by atoms with Gasteiger partial charge in [0, 0.05) is 19.5 Å². The molecule has 0 aliphatic rings. The molecule has 0 unspecified atom stereocenters. The van der Waals surface area contributed by atoms with Gasteiger partial charge in [0.25, 0.3) is 0 Å². The van der Waals surface area contributed by atoms with Crippen LogP contribution in [0.4, 0.5) is 5.69 Å². The van der Waals surface area contributed by atoms with E-state index in [4.69, 9.17) is 4.74 Å². The first-order valence-corrected chi connectivity index (χ1v) is 8.68. The van der Waals surface area contributed by atoms with Crippen molar-refractivity contribution in [2.75, 3.05) is 18.6 Å². The second-order valence-corrected chi connectivity index (χ2v) is 6.38. The summed E-state index contributed by atoms with van der Waals surface area (Å²) in [6.45, 7) is 5.89. The van der Waals surface area contributed by atoms with E-state index in [2.05, 4.69) is 0 Å². The molecule has 0 saturated heterocycles. The van der Waals surface area contributed by atoms with Crippen LogP contribution in [0.1, 0.15) is 26.3 Å². The summed E-state index contributed by atoms with van der Waals surface area (Å²) in [4.78, 5) is 28.4. The maximum absolute atomic E-state index is 13.0. The number of carbonyl (C=O) groups excluding carboxylic acids is 2. The first-order valence-electron chi connectivity index (χ1n) is 8.68. The Labute approximate surface area is 155 Å². The van der Waals surface area contributed by atoms with Gasteiger partial charge >= 0.3 is 0 Å². The average molecular weight is 354 g/mol. The van der Waals surface area contributed by atoms with Crippen LogP contribution in [-0.4, -0.2) is 36.4 Å². The lowest BCUT2D eigenvalue weighted by Crippen LogP contribution is -2.44. The van der Waals surface area contributed by atoms with E-state index >= 15 is 0 Å². The van der Waals surface area contributed by atoms with E-state index in [0.717, 1.165) is 5.56 Å². The topological polar surface area (TPSA) is 49.9 Å². The van der Waals surface area contributed by atoms with Crippen molar-refractivity contribution >= 4 is 17.5 Å². The molecule has 0 aliphatic carbocycles. The molecule has 0 bridgehead atoms. The number of para-hydroxylation sites is 2. The van der Waals surface area contributed by atoms with Gasteiger partial charge in [-0.2, -0.15) is 0 Å². The first kappa shape index (κ1) is 19.5. The van der Waals surface area contributed by atoms with Crippen LogP contribution in [0, 0.1) is 0 Å². The molecule has 5 heteroatoms. The number of hydrogen-bond acceptors (Lipinski definition) is 3. The van der Waals surface area contributed by atoms with Crippen LogP contribution in [0.25, 0.3) is 0 Å². The molecule has 0 radical (unpaired) electrons. The van der Waals surface area contributed by atoms with Crippen LogP contribution in [0.3, 0.4) is 0 Å². The van der Waals surface area contributed by atoms with Crippen molar-refractivity contribution in [3.63, 3.8) is 0 Å². The van der Waals surface area contributed by atoms with Gasteiger partial charge in [0.05, 0.1) is 12.8 Å². The minimum Gasteiger partial charge on any atom is -0.495 e. The number of ether oxygens (including phenoxy) is 1. The zero-order chi connectivity index (χ0) is 19.1. The van der Waals surface area contributed by atoms with Gasteiger partial charge in [-0.1, -0.05) is 42.5 Å². The van der Waals surface area contributed by atoms with Crippen LogP contribution in [-0.2, 0) is 16.1 Å². The summed E-state index contributed by atoms with van der Waals surface area (Å²) in [7, 11) is 1.55. The van der Waals surface area contributed by atoms with Gasteiger partial charge in [0.1, 0.15) is 12.3 Å². The summed E-state index contributed by atoms with van der Waals surface area (Å²) in [5, 5.41) is 0. The molecule has 0 aliphatic heterocycles. The van der Waals surface area contributed by atoms with E-state index < -0.39 is 0 Å². The lowest BCUT2D eigenvalue weighted by atomic mass is 10.2. The van der Waals surface area contributed by atoms with Gasteiger partial charge in [-0.3, -0.25) is 14.5 Å². The van der Waals surface area contributed by atoms with E-state index in [0.29, 0.717) is 18.0 Å². The number of carbonyl (C=O) groups is 2. The normalized spacial score (nSPS) is 10.5. The quantitative estimate of drug-likeness (QED) is 0.765. The summed E-state index contributed by atoms with van der Waals surface area (Å²) in [6.07, 6.45) is 0. The largest absolute Gasteiger partial charge is 0.495 e. The highest BCUT2D eigenvalue weighted by molar-refractivity contribution is 5.98. The Kier molecular flexibility index (Phi) is 6.78. The maximum atomic E-state index is 13.0. The van der Waals surface area contributed by atoms with Crippen LogP contribution < -0.4 is 9.64 Å². The molecule has 2 aromatic carbocycles. The third kappa shape index (κ3) is 4.85. The molecule has 2 rings (SSSR count). The predicted molar refractivity (Wildman–Crippen MR) is 103 cm³/mol. The Morgan fingerprint density at radius 2 is 1.62 bits per heavy atom. The molecule has 0 fully saturated rings. The fourth-order valence-corrected chi connectivity index (χ4v) is 2.78. The van der Waals surface area contributed by atoms with E-state index in [1.807, 2.05) is 56.3 Å². The molecule has 0 saturated carbocycles. The van der Waals surface area contributed by atoms with Gasteiger partial charge in [0.15, 0.2) is 0 Å². The number of amides is 2. The lowest BCUT2D eigenvalue weighted by Gasteiger charge is -2.30. The molecule has 5 nitrogen and oxygen atoms in total. The highest BCUT2D eigenvalue weighted by Crippen LogP contribution is 2.28. The van der Waals surface area contributed by atoms with Crippen molar-refractivity contribution < 1.29 is 14.3 Å². The smallest absolute Gasteiger partial charge is 0.243 e. The van der Waals surface area contributed by atoms with Crippen molar-refractivity contribution in [2.45, 2.75) is 33.4 Å². The second kappa shape index (κ2) is 9.04. The highest BCUT2D eigenvalue weighted by atomic mass is 16.5. The lowest BCUT2D eigenvalue weighted by molar-refractivity contribution is -0.133. The van der Waals surface area contributed by atoms with Crippen molar-refractivity contribution in [2.24, 2.45) is 0 Å². The number of anilines is 1. The Hall–Kier alpha value is -2.82. The Morgan fingerprint density at radius 3 is 2.19 bits per heavy atom. The minimum atomic E-state index is -0.203. The van der Waals surface area contributed by atoms with Crippen molar-refractivity contribution in [1.29, 1.82) is 0 Å². The Bertz CT molecular complexity index is 744. The third-order valence-corrected chi connectivity index (χ3v) is 4.19.